The number of nitrogens with zero attached hydrogens (tertiary/aromatic N) is 2. The molecule has 2 heterocycles. The molecule has 114 valence electrons. The van der Waals surface area contributed by atoms with Gasteiger partial charge in [0.05, 0.1) is 12.7 Å². The van der Waals surface area contributed by atoms with Gasteiger partial charge < -0.3 is 20.7 Å². The van der Waals surface area contributed by atoms with Gasteiger partial charge in [-0.15, -0.1) is 0 Å². The molecule has 4 N–H and O–H groups in total. The summed E-state index contributed by atoms with van der Waals surface area (Å²) in [5.74, 6) is -0.161. The third-order valence-corrected chi connectivity index (χ3v) is 3.20. The van der Waals surface area contributed by atoms with Crippen molar-refractivity contribution < 1.29 is 19.7 Å². The number of rotatable bonds is 4. The number of carbonyl (C=O) groups excluding carboxylic acids is 1. The standard InChI is InChI=1S/C13H17N3O5/c1-7(18)2-3-8-5-16(13(20)15-12(8)14)11-4-9(19)10(6-17)21-11/h2-3,5,9-11,17,19H,4,6H2,1H3,(H2,14,15,20)/t9-,10+,11+/m0/s1. The first kappa shape index (κ1) is 15.4. The van der Waals surface area contributed by atoms with Crippen LogP contribution in [0.3, 0.4) is 0 Å². The molecule has 0 saturated carbocycles. The molecule has 1 fully saturated rings. The molecule has 21 heavy (non-hydrogen) atoms. The Morgan fingerprint density at radius 3 is 2.95 bits per heavy atom. The fraction of sp³-hybridized carbons (Fsp3) is 0.462. The van der Waals surface area contributed by atoms with Crippen LogP contribution in [0.15, 0.2) is 17.1 Å². The zero-order valence-corrected chi connectivity index (χ0v) is 11.5. The normalized spacial score (nSPS) is 25.6. The summed E-state index contributed by atoms with van der Waals surface area (Å²) in [4.78, 5) is 26.5. The van der Waals surface area contributed by atoms with E-state index < -0.39 is 24.1 Å². The topological polar surface area (TPSA) is 128 Å². The van der Waals surface area contributed by atoms with E-state index in [1.165, 1.54) is 29.8 Å². The number of nitrogen functional groups attached to an aromatic ring is 1. The van der Waals surface area contributed by atoms with E-state index in [9.17, 15) is 14.7 Å². The predicted octanol–water partition coefficient (Wildman–Crippen LogP) is -0.932. The minimum Gasteiger partial charge on any atom is -0.394 e. The van der Waals surface area contributed by atoms with Crippen molar-refractivity contribution in [1.82, 2.24) is 9.55 Å². The van der Waals surface area contributed by atoms with E-state index in [1.807, 2.05) is 0 Å². The first-order valence-electron chi connectivity index (χ1n) is 6.44. The Morgan fingerprint density at radius 1 is 1.67 bits per heavy atom. The van der Waals surface area contributed by atoms with Gasteiger partial charge in [0, 0.05) is 18.2 Å². The summed E-state index contributed by atoms with van der Waals surface area (Å²) in [6.07, 6.45) is 2.01. The molecule has 0 unspecified atom stereocenters. The summed E-state index contributed by atoms with van der Waals surface area (Å²) < 4.78 is 6.59. The van der Waals surface area contributed by atoms with Crippen molar-refractivity contribution in [2.24, 2.45) is 0 Å². The highest BCUT2D eigenvalue weighted by molar-refractivity contribution is 5.92. The van der Waals surface area contributed by atoms with Crippen molar-refractivity contribution >= 4 is 17.7 Å². The van der Waals surface area contributed by atoms with Crippen molar-refractivity contribution in [1.29, 1.82) is 0 Å². The monoisotopic (exact) mass is 295 g/mol. The van der Waals surface area contributed by atoms with Crippen LogP contribution in [0.2, 0.25) is 0 Å². The Kier molecular flexibility index (Phi) is 4.51. The van der Waals surface area contributed by atoms with Gasteiger partial charge in [-0.3, -0.25) is 9.36 Å². The van der Waals surface area contributed by atoms with Crippen molar-refractivity contribution in [3.8, 4) is 0 Å². The van der Waals surface area contributed by atoms with Crippen LogP contribution >= 0.6 is 0 Å². The quantitative estimate of drug-likeness (QED) is 0.612. The molecule has 1 aliphatic rings. The zero-order valence-electron chi connectivity index (χ0n) is 11.5. The molecule has 1 aromatic rings. The van der Waals surface area contributed by atoms with Crippen LogP contribution in [0.4, 0.5) is 5.82 Å². The second kappa shape index (κ2) is 6.17. The summed E-state index contributed by atoms with van der Waals surface area (Å²) in [5.41, 5.74) is 5.42. The smallest absolute Gasteiger partial charge is 0.351 e. The second-order valence-electron chi connectivity index (χ2n) is 4.83. The number of allylic oxidation sites excluding steroid dienone is 1. The lowest BCUT2D eigenvalue weighted by Crippen LogP contribution is -2.28. The second-order valence-corrected chi connectivity index (χ2v) is 4.83. The van der Waals surface area contributed by atoms with Crippen LogP contribution in [-0.2, 0) is 9.53 Å². The molecule has 3 atom stereocenters. The SMILES string of the molecule is CC(=O)C=Cc1cn([C@H]2C[C@H](O)[C@@H](CO)O2)c(=O)nc1N. The van der Waals surface area contributed by atoms with E-state index in [2.05, 4.69) is 4.98 Å². The molecule has 0 bridgehead atoms. The number of nitrogens with two attached hydrogens (primary N) is 1. The largest absolute Gasteiger partial charge is 0.394 e. The molecule has 2 rings (SSSR count). The lowest BCUT2D eigenvalue weighted by Gasteiger charge is -2.15. The first-order valence-corrected chi connectivity index (χ1v) is 6.44. The van der Waals surface area contributed by atoms with Crippen LogP contribution in [0.25, 0.3) is 6.08 Å². The van der Waals surface area contributed by atoms with Crippen molar-refractivity contribution in [3.05, 3.63) is 28.3 Å². The maximum absolute atomic E-state index is 11.9. The number of aliphatic hydroxyl groups is 2. The molecule has 0 aliphatic carbocycles. The van der Waals surface area contributed by atoms with Gasteiger partial charge >= 0.3 is 5.69 Å². The van der Waals surface area contributed by atoms with Gasteiger partial charge in [-0.25, -0.2) is 4.79 Å². The van der Waals surface area contributed by atoms with E-state index in [4.69, 9.17) is 15.6 Å². The Bertz CT molecular complexity index is 625. The van der Waals surface area contributed by atoms with E-state index in [-0.39, 0.29) is 24.6 Å². The lowest BCUT2D eigenvalue weighted by atomic mass is 10.2. The third kappa shape index (κ3) is 3.35. The fourth-order valence-electron chi connectivity index (χ4n) is 2.09. The molecule has 0 spiro atoms. The predicted molar refractivity (Wildman–Crippen MR) is 74.2 cm³/mol. The highest BCUT2D eigenvalue weighted by Crippen LogP contribution is 2.27. The molecular formula is C13H17N3O5. The number of carbonyl (C=O) groups is 1. The van der Waals surface area contributed by atoms with Crippen LogP contribution in [0.1, 0.15) is 25.1 Å². The molecule has 8 nitrogen and oxygen atoms in total. The Balaban J connectivity index is 2.34. The number of ether oxygens (including phenoxy) is 1. The van der Waals surface area contributed by atoms with Gasteiger partial charge in [0.25, 0.3) is 0 Å². The average molecular weight is 295 g/mol. The van der Waals surface area contributed by atoms with Crippen LogP contribution in [-0.4, -0.2) is 44.4 Å². The van der Waals surface area contributed by atoms with E-state index in [0.717, 1.165) is 0 Å². The van der Waals surface area contributed by atoms with Gasteiger partial charge in [-0.05, 0) is 19.1 Å². The van der Waals surface area contributed by atoms with Crippen LogP contribution in [0, 0.1) is 0 Å². The Labute approximate surface area is 120 Å². The van der Waals surface area contributed by atoms with E-state index in [1.54, 1.807) is 0 Å². The molecule has 0 aromatic carbocycles. The van der Waals surface area contributed by atoms with Gasteiger partial charge in [0.1, 0.15) is 18.1 Å². The maximum atomic E-state index is 11.9. The zero-order chi connectivity index (χ0) is 15.6. The summed E-state index contributed by atoms with van der Waals surface area (Å²) in [7, 11) is 0. The van der Waals surface area contributed by atoms with Crippen molar-refractivity contribution in [3.63, 3.8) is 0 Å². The van der Waals surface area contributed by atoms with Gasteiger partial charge in [-0.2, -0.15) is 4.98 Å². The minimum atomic E-state index is -0.860. The average Bonchev–Trinajstić information content (AvgIpc) is 2.78. The third-order valence-electron chi connectivity index (χ3n) is 3.20. The Morgan fingerprint density at radius 2 is 2.38 bits per heavy atom. The summed E-state index contributed by atoms with van der Waals surface area (Å²) in [6.45, 7) is 1.05. The van der Waals surface area contributed by atoms with Crippen molar-refractivity contribution in [2.45, 2.75) is 31.8 Å². The maximum Gasteiger partial charge on any atom is 0.351 e. The van der Waals surface area contributed by atoms with Gasteiger partial charge in [0.2, 0.25) is 0 Å². The number of anilines is 1. The summed E-state index contributed by atoms with van der Waals surface area (Å²) in [6, 6.07) is 0. The highest BCUT2D eigenvalue weighted by atomic mass is 16.5. The molecule has 1 saturated heterocycles. The van der Waals surface area contributed by atoms with E-state index >= 15 is 0 Å². The minimum absolute atomic E-state index is 0.00556. The number of ketones is 1. The van der Waals surface area contributed by atoms with Gasteiger partial charge in [-0.1, -0.05) is 0 Å². The van der Waals surface area contributed by atoms with Crippen LogP contribution < -0.4 is 11.4 Å². The lowest BCUT2D eigenvalue weighted by molar-refractivity contribution is -0.112. The van der Waals surface area contributed by atoms with Crippen molar-refractivity contribution in [2.75, 3.05) is 12.3 Å². The molecule has 0 radical (unpaired) electrons. The first-order chi connectivity index (χ1) is 9.92. The number of aromatic nitrogens is 2. The number of hydrogen-bond donors (Lipinski definition) is 3. The highest BCUT2D eigenvalue weighted by Gasteiger charge is 2.35. The fourth-order valence-corrected chi connectivity index (χ4v) is 2.09. The molecule has 1 aliphatic heterocycles. The summed E-state index contributed by atoms with van der Waals surface area (Å²) >= 11 is 0. The number of aliphatic hydroxyl groups excluding tert-OH is 2. The molecular weight excluding hydrogens is 278 g/mol. The molecule has 8 heteroatoms. The Hall–Kier alpha value is -2.03. The van der Waals surface area contributed by atoms with Gasteiger partial charge in [0.15, 0.2) is 5.78 Å². The number of hydrogen-bond acceptors (Lipinski definition) is 7. The molecule has 0 amide bonds. The van der Waals surface area contributed by atoms with Crippen LogP contribution in [0.5, 0.6) is 0 Å². The van der Waals surface area contributed by atoms with E-state index in [0.29, 0.717) is 5.56 Å². The summed E-state index contributed by atoms with van der Waals surface area (Å²) in [5, 5.41) is 18.8. The molecule has 1 aromatic heterocycles.